The van der Waals surface area contributed by atoms with Crippen molar-refractivity contribution in [3.05, 3.63) is 17.7 Å². The maximum atomic E-state index is 11.3. The Balaban J connectivity index is 1.72. The number of fused-ring (bicyclic) bond motifs is 1. The molecule has 1 aliphatic carbocycles. The molecule has 0 unspecified atom stereocenters. The van der Waals surface area contributed by atoms with E-state index in [0.29, 0.717) is 6.42 Å². The standard InChI is InChI=1S/C14H19N3O/c15-11-5-10-6-14(18)17-12(10)7-13(11)16-8-9-3-1-2-4-9/h5,7,9,16H,1-4,6,8,15H2,(H,17,18). The maximum Gasteiger partial charge on any atom is 0.228 e. The Morgan fingerprint density at radius 2 is 2.11 bits per heavy atom. The smallest absolute Gasteiger partial charge is 0.228 e. The molecule has 96 valence electrons. The summed E-state index contributed by atoms with van der Waals surface area (Å²) in [5.41, 5.74) is 9.62. The summed E-state index contributed by atoms with van der Waals surface area (Å²) >= 11 is 0. The molecule has 0 spiro atoms. The minimum absolute atomic E-state index is 0.0531. The van der Waals surface area contributed by atoms with Gasteiger partial charge in [-0.25, -0.2) is 0 Å². The first-order valence-electron chi connectivity index (χ1n) is 6.68. The number of anilines is 3. The highest BCUT2D eigenvalue weighted by atomic mass is 16.1. The van der Waals surface area contributed by atoms with Gasteiger partial charge in [-0.3, -0.25) is 4.79 Å². The summed E-state index contributed by atoms with van der Waals surface area (Å²) in [6, 6.07) is 3.87. The van der Waals surface area contributed by atoms with E-state index >= 15 is 0 Å². The van der Waals surface area contributed by atoms with Gasteiger partial charge in [-0.2, -0.15) is 0 Å². The quantitative estimate of drug-likeness (QED) is 0.716. The van der Waals surface area contributed by atoms with Gasteiger partial charge in [-0.05, 0) is 36.5 Å². The highest BCUT2D eigenvalue weighted by molar-refractivity contribution is 6.00. The summed E-state index contributed by atoms with van der Waals surface area (Å²) in [5, 5.41) is 6.28. The molecule has 1 aromatic rings. The molecule has 1 saturated carbocycles. The lowest BCUT2D eigenvalue weighted by Crippen LogP contribution is -2.12. The highest BCUT2D eigenvalue weighted by Gasteiger charge is 2.20. The third kappa shape index (κ3) is 2.15. The predicted octanol–water partition coefficient (Wildman–Crippen LogP) is 2.37. The van der Waals surface area contributed by atoms with Crippen LogP contribution in [0.2, 0.25) is 0 Å². The SMILES string of the molecule is Nc1cc2c(cc1NCC1CCCC1)NC(=O)C2. The molecule has 0 radical (unpaired) electrons. The fourth-order valence-electron chi connectivity index (χ4n) is 2.92. The van der Waals surface area contributed by atoms with Gasteiger partial charge in [0.05, 0.1) is 17.8 Å². The predicted molar refractivity (Wildman–Crippen MR) is 73.6 cm³/mol. The van der Waals surface area contributed by atoms with E-state index in [4.69, 9.17) is 5.73 Å². The van der Waals surface area contributed by atoms with E-state index in [1.807, 2.05) is 12.1 Å². The molecule has 18 heavy (non-hydrogen) atoms. The Bertz CT molecular complexity index is 478. The number of amides is 1. The molecule has 3 rings (SSSR count). The van der Waals surface area contributed by atoms with Gasteiger partial charge in [-0.15, -0.1) is 0 Å². The van der Waals surface area contributed by atoms with Crippen molar-refractivity contribution in [2.45, 2.75) is 32.1 Å². The van der Waals surface area contributed by atoms with E-state index < -0.39 is 0 Å². The van der Waals surface area contributed by atoms with Gasteiger partial charge < -0.3 is 16.4 Å². The zero-order valence-electron chi connectivity index (χ0n) is 10.5. The molecule has 1 heterocycles. The molecule has 0 bridgehead atoms. The van der Waals surface area contributed by atoms with Crippen molar-refractivity contribution in [3.63, 3.8) is 0 Å². The Kier molecular flexibility index (Phi) is 2.86. The molecule has 4 N–H and O–H groups in total. The van der Waals surface area contributed by atoms with E-state index in [0.717, 1.165) is 35.1 Å². The van der Waals surface area contributed by atoms with Crippen LogP contribution in [0.25, 0.3) is 0 Å². The minimum atomic E-state index is 0.0531. The van der Waals surface area contributed by atoms with Gasteiger partial charge in [0.15, 0.2) is 0 Å². The largest absolute Gasteiger partial charge is 0.397 e. The third-order valence-corrected chi connectivity index (χ3v) is 3.96. The molecule has 2 aliphatic rings. The van der Waals surface area contributed by atoms with Crippen molar-refractivity contribution >= 4 is 23.0 Å². The zero-order chi connectivity index (χ0) is 12.5. The first-order chi connectivity index (χ1) is 8.72. The van der Waals surface area contributed by atoms with Gasteiger partial charge in [0.2, 0.25) is 5.91 Å². The van der Waals surface area contributed by atoms with Crippen LogP contribution in [0, 0.1) is 5.92 Å². The van der Waals surface area contributed by atoms with E-state index in [1.54, 1.807) is 0 Å². The summed E-state index contributed by atoms with van der Waals surface area (Å²) in [7, 11) is 0. The van der Waals surface area contributed by atoms with E-state index in [9.17, 15) is 4.79 Å². The van der Waals surface area contributed by atoms with E-state index in [2.05, 4.69) is 10.6 Å². The highest BCUT2D eigenvalue weighted by Crippen LogP contribution is 2.32. The molecule has 0 aromatic heterocycles. The lowest BCUT2D eigenvalue weighted by Gasteiger charge is -2.14. The Morgan fingerprint density at radius 1 is 1.33 bits per heavy atom. The molecule has 1 fully saturated rings. The minimum Gasteiger partial charge on any atom is -0.397 e. The van der Waals surface area contributed by atoms with Crippen molar-refractivity contribution in [1.82, 2.24) is 0 Å². The van der Waals surface area contributed by atoms with Crippen molar-refractivity contribution in [3.8, 4) is 0 Å². The Hall–Kier alpha value is -1.71. The summed E-state index contributed by atoms with van der Waals surface area (Å²) in [6.45, 7) is 0.983. The molecule has 0 saturated heterocycles. The van der Waals surface area contributed by atoms with Crippen molar-refractivity contribution in [2.24, 2.45) is 5.92 Å². The summed E-state index contributed by atoms with van der Waals surface area (Å²) in [6.07, 6.45) is 5.77. The lowest BCUT2D eigenvalue weighted by molar-refractivity contribution is -0.115. The first kappa shape index (κ1) is 11.4. The summed E-state index contributed by atoms with van der Waals surface area (Å²) in [4.78, 5) is 11.3. The van der Waals surface area contributed by atoms with E-state index in [-0.39, 0.29) is 5.91 Å². The van der Waals surface area contributed by atoms with Crippen LogP contribution >= 0.6 is 0 Å². The fourth-order valence-corrected chi connectivity index (χ4v) is 2.92. The molecule has 1 amide bonds. The molecular formula is C14H19N3O. The van der Waals surface area contributed by atoms with Crippen LogP contribution < -0.4 is 16.4 Å². The number of carbonyl (C=O) groups is 1. The average Bonchev–Trinajstić information content (AvgIpc) is 2.94. The lowest BCUT2D eigenvalue weighted by atomic mass is 10.1. The second-order valence-corrected chi connectivity index (χ2v) is 5.35. The van der Waals surface area contributed by atoms with Gasteiger partial charge in [-0.1, -0.05) is 12.8 Å². The number of nitrogens with two attached hydrogens (primary N) is 1. The number of nitrogens with one attached hydrogen (secondary N) is 2. The van der Waals surface area contributed by atoms with Gasteiger partial charge in [0.25, 0.3) is 0 Å². The number of carbonyl (C=O) groups excluding carboxylic acids is 1. The number of hydrogen-bond donors (Lipinski definition) is 3. The van der Waals surface area contributed by atoms with Gasteiger partial charge >= 0.3 is 0 Å². The average molecular weight is 245 g/mol. The second-order valence-electron chi connectivity index (χ2n) is 5.35. The van der Waals surface area contributed by atoms with Crippen molar-refractivity contribution in [2.75, 3.05) is 22.9 Å². The van der Waals surface area contributed by atoms with Crippen molar-refractivity contribution < 1.29 is 4.79 Å². The fraction of sp³-hybridized carbons (Fsp3) is 0.500. The topological polar surface area (TPSA) is 67.2 Å². The van der Waals surface area contributed by atoms with Crippen molar-refractivity contribution in [1.29, 1.82) is 0 Å². The monoisotopic (exact) mass is 245 g/mol. The molecule has 1 aliphatic heterocycles. The van der Waals surface area contributed by atoms with Crippen LogP contribution in [0.1, 0.15) is 31.2 Å². The maximum absolute atomic E-state index is 11.3. The second kappa shape index (κ2) is 4.52. The normalized spacial score (nSPS) is 18.8. The molecule has 1 aromatic carbocycles. The van der Waals surface area contributed by atoms with Crippen LogP contribution in [0.5, 0.6) is 0 Å². The van der Waals surface area contributed by atoms with Crippen LogP contribution in [-0.4, -0.2) is 12.5 Å². The molecular weight excluding hydrogens is 226 g/mol. The first-order valence-corrected chi connectivity index (χ1v) is 6.68. The summed E-state index contributed by atoms with van der Waals surface area (Å²) < 4.78 is 0. The van der Waals surface area contributed by atoms with Gasteiger partial charge in [0, 0.05) is 12.2 Å². The van der Waals surface area contributed by atoms with Gasteiger partial charge in [0.1, 0.15) is 0 Å². The summed E-state index contributed by atoms with van der Waals surface area (Å²) in [5.74, 6) is 0.824. The number of rotatable bonds is 3. The van der Waals surface area contributed by atoms with Crippen LogP contribution in [-0.2, 0) is 11.2 Å². The zero-order valence-corrected chi connectivity index (χ0v) is 10.5. The van der Waals surface area contributed by atoms with E-state index in [1.165, 1.54) is 25.7 Å². The molecule has 4 heteroatoms. The number of benzene rings is 1. The third-order valence-electron chi connectivity index (χ3n) is 3.96. The van der Waals surface area contributed by atoms with Crippen LogP contribution in [0.15, 0.2) is 12.1 Å². The van der Waals surface area contributed by atoms with Crippen LogP contribution in [0.4, 0.5) is 17.1 Å². The number of nitrogen functional groups attached to an aromatic ring is 1. The Morgan fingerprint density at radius 3 is 2.89 bits per heavy atom. The number of hydrogen-bond acceptors (Lipinski definition) is 3. The van der Waals surface area contributed by atoms with Crippen LogP contribution in [0.3, 0.4) is 0 Å². The molecule has 0 atom stereocenters. The Labute approximate surface area is 107 Å². The molecule has 4 nitrogen and oxygen atoms in total.